The number of furan rings is 1. The van der Waals surface area contributed by atoms with Gasteiger partial charge in [-0.1, -0.05) is 140 Å². The van der Waals surface area contributed by atoms with Crippen LogP contribution in [0.3, 0.4) is 0 Å². The lowest BCUT2D eigenvalue weighted by atomic mass is 10.00. The Morgan fingerprint density at radius 3 is 1.84 bits per heavy atom. The third-order valence-corrected chi connectivity index (χ3v) is 9.21. The standard InChI is InChI=1S/C46H32N4O/c1-4-14-31(15-5-1)39-23-13-24-40(48-45(47-39)33-18-8-3-9-19-33)34-20-12-21-36(28-34)46-49-41(32-16-6-2-7-17-32)30-42(50-46)35-26-27-38-37-22-10-11-25-43(37)51-44(38)29-35/h1-12,14-23,25-30H,13,24H2/b39-23-,47-45-,48-40+. The van der Waals surface area contributed by atoms with Crippen molar-refractivity contribution in [3.8, 4) is 33.9 Å². The topological polar surface area (TPSA) is 63.6 Å². The van der Waals surface area contributed by atoms with Crippen molar-refractivity contribution in [3.63, 3.8) is 0 Å². The van der Waals surface area contributed by atoms with Crippen LogP contribution in [0, 0.1) is 0 Å². The summed E-state index contributed by atoms with van der Waals surface area (Å²) >= 11 is 0. The largest absolute Gasteiger partial charge is 0.456 e. The number of aromatic nitrogens is 2. The normalized spacial score (nSPS) is 16.4. The summed E-state index contributed by atoms with van der Waals surface area (Å²) in [6, 6.07) is 55.7. The Morgan fingerprint density at radius 2 is 1.06 bits per heavy atom. The molecular formula is C46H32N4O. The average Bonchev–Trinajstić information content (AvgIpc) is 3.57. The molecule has 1 aliphatic heterocycles. The van der Waals surface area contributed by atoms with Crippen LogP contribution in [-0.2, 0) is 0 Å². The van der Waals surface area contributed by atoms with Crippen LogP contribution in [0.2, 0.25) is 0 Å². The molecule has 0 saturated heterocycles. The van der Waals surface area contributed by atoms with Gasteiger partial charge in [-0.2, -0.15) is 0 Å². The molecule has 0 spiro atoms. The minimum atomic E-state index is 0.646. The maximum atomic E-state index is 6.25. The molecule has 0 bridgehead atoms. The van der Waals surface area contributed by atoms with Crippen molar-refractivity contribution >= 4 is 39.2 Å². The fourth-order valence-corrected chi connectivity index (χ4v) is 6.63. The summed E-state index contributed by atoms with van der Waals surface area (Å²) in [5.74, 6) is 1.34. The minimum Gasteiger partial charge on any atom is -0.456 e. The lowest BCUT2D eigenvalue weighted by Gasteiger charge is -2.14. The van der Waals surface area contributed by atoms with Crippen LogP contribution >= 0.6 is 0 Å². The molecule has 0 unspecified atom stereocenters. The summed E-state index contributed by atoms with van der Waals surface area (Å²) < 4.78 is 6.25. The van der Waals surface area contributed by atoms with Crippen LogP contribution in [0.25, 0.3) is 61.5 Å². The van der Waals surface area contributed by atoms with Crippen LogP contribution in [0.1, 0.15) is 29.5 Å². The van der Waals surface area contributed by atoms with Crippen molar-refractivity contribution in [2.45, 2.75) is 12.8 Å². The number of nitrogens with zero attached hydrogens (tertiary/aromatic N) is 4. The van der Waals surface area contributed by atoms with Gasteiger partial charge < -0.3 is 4.42 Å². The zero-order chi connectivity index (χ0) is 34.0. The fraction of sp³-hybridized carbons (Fsp3) is 0.0435. The minimum absolute atomic E-state index is 0.646. The SMILES string of the molecule is C1=C(c2ccccc2)/N=C(c2ccccc2)\N=C(\c2cccc(-c3nc(-c4ccccc4)cc(-c4ccc5c(c4)oc4ccccc45)n3)c2)CC\1. The monoisotopic (exact) mass is 656 g/mol. The summed E-state index contributed by atoms with van der Waals surface area (Å²) in [5.41, 5.74) is 11.3. The summed E-state index contributed by atoms with van der Waals surface area (Å²) in [6.07, 6.45) is 3.79. The van der Waals surface area contributed by atoms with Gasteiger partial charge in [0.2, 0.25) is 0 Å². The number of fused-ring (bicyclic) bond motifs is 3. The maximum Gasteiger partial charge on any atom is 0.160 e. The Hall–Kier alpha value is -6.72. The zero-order valence-corrected chi connectivity index (χ0v) is 27.8. The first kappa shape index (κ1) is 30.3. The molecule has 3 heterocycles. The van der Waals surface area contributed by atoms with E-state index in [4.69, 9.17) is 24.4 Å². The molecule has 51 heavy (non-hydrogen) atoms. The number of allylic oxidation sites excluding steroid dienone is 1. The van der Waals surface area contributed by atoms with Crippen LogP contribution < -0.4 is 0 Å². The highest BCUT2D eigenvalue weighted by Gasteiger charge is 2.16. The molecule has 5 nitrogen and oxygen atoms in total. The van der Waals surface area contributed by atoms with Crippen molar-refractivity contribution in [1.29, 1.82) is 0 Å². The molecule has 0 aliphatic carbocycles. The molecular weight excluding hydrogens is 625 g/mol. The third-order valence-electron chi connectivity index (χ3n) is 9.21. The quantitative estimate of drug-likeness (QED) is 0.179. The lowest BCUT2D eigenvalue weighted by molar-refractivity contribution is 0.669. The van der Waals surface area contributed by atoms with E-state index in [-0.39, 0.29) is 0 Å². The first-order chi connectivity index (χ1) is 25.2. The predicted octanol–water partition coefficient (Wildman–Crippen LogP) is 11.4. The van der Waals surface area contributed by atoms with Crippen molar-refractivity contribution in [3.05, 3.63) is 187 Å². The molecule has 0 amide bonds. The molecule has 0 radical (unpaired) electrons. The fourth-order valence-electron chi connectivity index (χ4n) is 6.63. The molecule has 5 heteroatoms. The number of benzene rings is 6. The molecule has 0 N–H and O–H groups in total. The number of aliphatic imine (C=N–C) groups is 2. The van der Waals surface area contributed by atoms with Gasteiger partial charge in [0.15, 0.2) is 11.7 Å². The van der Waals surface area contributed by atoms with E-state index >= 15 is 0 Å². The van der Waals surface area contributed by atoms with Gasteiger partial charge in [-0.05, 0) is 54.3 Å². The van der Waals surface area contributed by atoms with Crippen LogP contribution in [0.5, 0.6) is 0 Å². The molecule has 242 valence electrons. The molecule has 2 aromatic heterocycles. The van der Waals surface area contributed by atoms with Gasteiger partial charge in [-0.3, -0.25) is 0 Å². The number of amidine groups is 1. The van der Waals surface area contributed by atoms with E-state index in [1.165, 1.54) is 0 Å². The van der Waals surface area contributed by atoms with E-state index in [0.717, 1.165) is 91.0 Å². The zero-order valence-electron chi connectivity index (χ0n) is 27.8. The van der Waals surface area contributed by atoms with Crippen LogP contribution in [-0.4, -0.2) is 21.5 Å². The summed E-state index contributed by atoms with van der Waals surface area (Å²) in [7, 11) is 0. The van der Waals surface area contributed by atoms with E-state index in [9.17, 15) is 0 Å². The first-order valence-corrected chi connectivity index (χ1v) is 17.2. The van der Waals surface area contributed by atoms with Gasteiger partial charge in [0, 0.05) is 33.0 Å². The van der Waals surface area contributed by atoms with Gasteiger partial charge >= 0.3 is 0 Å². The highest BCUT2D eigenvalue weighted by Crippen LogP contribution is 2.34. The summed E-state index contributed by atoms with van der Waals surface area (Å²) in [5, 5.41) is 2.19. The number of para-hydroxylation sites is 1. The third kappa shape index (κ3) is 6.18. The number of hydrogen-bond donors (Lipinski definition) is 0. The maximum absolute atomic E-state index is 6.25. The van der Waals surface area contributed by atoms with Gasteiger partial charge in [0.05, 0.1) is 22.8 Å². The second-order valence-corrected chi connectivity index (χ2v) is 12.6. The Balaban J connectivity index is 1.14. The highest BCUT2D eigenvalue weighted by atomic mass is 16.3. The van der Waals surface area contributed by atoms with Gasteiger partial charge in [-0.15, -0.1) is 0 Å². The molecule has 8 aromatic rings. The highest BCUT2D eigenvalue weighted by molar-refractivity contribution is 6.14. The lowest BCUT2D eigenvalue weighted by Crippen LogP contribution is -2.09. The smallest absolute Gasteiger partial charge is 0.160 e. The Bertz CT molecular complexity index is 2620. The van der Waals surface area contributed by atoms with E-state index in [1.807, 2.05) is 72.8 Å². The summed E-state index contributed by atoms with van der Waals surface area (Å²) in [4.78, 5) is 20.6. The average molecular weight is 657 g/mol. The second-order valence-electron chi connectivity index (χ2n) is 12.6. The predicted molar refractivity (Wildman–Crippen MR) is 209 cm³/mol. The van der Waals surface area contributed by atoms with Gasteiger partial charge in [-0.25, -0.2) is 20.0 Å². The molecule has 0 saturated carbocycles. The van der Waals surface area contributed by atoms with Gasteiger partial charge in [0.1, 0.15) is 11.2 Å². The Morgan fingerprint density at radius 1 is 0.431 bits per heavy atom. The molecule has 0 fully saturated rings. The number of rotatable bonds is 6. The molecule has 1 aliphatic rings. The first-order valence-electron chi connectivity index (χ1n) is 17.2. The Kier molecular flexibility index (Phi) is 7.91. The van der Waals surface area contributed by atoms with E-state index < -0.39 is 0 Å². The van der Waals surface area contributed by atoms with Crippen LogP contribution in [0.15, 0.2) is 184 Å². The molecule has 0 atom stereocenters. The summed E-state index contributed by atoms with van der Waals surface area (Å²) in [6.45, 7) is 0. The number of hydrogen-bond acceptors (Lipinski definition) is 5. The van der Waals surface area contributed by atoms with E-state index in [0.29, 0.717) is 11.7 Å². The van der Waals surface area contributed by atoms with E-state index in [2.05, 4.69) is 97.1 Å². The Labute approximate surface area is 296 Å². The second kappa shape index (κ2) is 13.3. The van der Waals surface area contributed by atoms with Crippen molar-refractivity contribution in [2.24, 2.45) is 9.98 Å². The van der Waals surface area contributed by atoms with Crippen molar-refractivity contribution in [2.75, 3.05) is 0 Å². The van der Waals surface area contributed by atoms with Crippen molar-refractivity contribution < 1.29 is 4.42 Å². The van der Waals surface area contributed by atoms with Crippen LogP contribution in [0.4, 0.5) is 0 Å². The van der Waals surface area contributed by atoms with Gasteiger partial charge in [0.25, 0.3) is 0 Å². The van der Waals surface area contributed by atoms with Crippen molar-refractivity contribution in [1.82, 2.24) is 9.97 Å². The van der Waals surface area contributed by atoms with E-state index in [1.54, 1.807) is 0 Å². The molecule has 9 rings (SSSR count). The molecule has 6 aromatic carbocycles.